The number of carbonyl (C=O) groups is 2. The maximum Gasteiger partial charge on any atom is 0.306 e. The van der Waals surface area contributed by atoms with E-state index >= 15 is 0 Å². The van der Waals surface area contributed by atoms with Crippen LogP contribution < -0.4 is 10.1 Å². The van der Waals surface area contributed by atoms with Gasteiger partial charge in [0, 0.05) is 6.54 Å². The van der Waals surface area contributed by atoms with E-state index in [0.29, 0.717) is 10.2 Å². The molecule has 1 aromatic carbocycles. The van der Waals surface area contributed by atoms with Crippen LogP contribution in [0.25, 0.3) is 0 Å². The Balaban J connectivity index is 2.42. The zero-order chi connectivity index (χ0) is 16.0. The number of nitrogens with one attached hydrogen (secondary N) is 1. The van der Waals surface area contributed by atoms with Crippen molar-refractivity contribution in [2.75, 3.05) is 13.2 Å². The van der Waals surface area contributed by atoms with Crippen molar-refractivity contribution in [1.82, 2.24) is 5.32 Å². The van der Waals surface area contributed by atoms with Gasteiger partial charge in [0.1, 0.15) is 11.6 Å². The van der Waals surface area contributed by atoms with Gasteiger partial charge in [0.25, 0.3) is 5.91 Å². The molecule has 0 radical (unpaired) electrons. The van der Waals surface area contributed by atoms with E-state index in [4.69, 9.17) is 9.84 Å². The highest BCUT2D eigenvalue weighted by atomic mass is 79.9. The second-order valence-electron chi connectivity index (χ2n) is 4.71. The minimum Gasteiger partial charge on any atom is -0.483 e. The van der Waals surface area contributed by atoms with Gasteiger partial charge in [0.15, 0.2) is 6.61 Å². The molecule has 0 saturated heterocycles. The number of hydrogen-bond acceptors (Lipinski definition) is 4. The fourth-order valence-corrected chi connectivity index (χ4v) is 1.93. The van der Waals surface area contributed by atoms with Crippen molar-refractivity contribution in [2.24, 2.45) is 0 Å². The van der Waals surface area contributed by atoms with Crippen LogP contribution in [0, 0.1) is 5.82 Å². The highest BCUT2D eigenvalue weighted by Gasteiger charge is 2.24. The lowest BCUT2D eigenvalue weighted by molar-refractivity contribution is -0.142. The molecular formula is C13H15BrFNO5. The Morgan fingerprint density at radius 1 is 1.48 bits per heavy atom. The Morgan fingerprint density at radius 2 is 2.14 bits per heavy atom. The molecule has 0 aliphatic rings. The van der Waals surface area contributed by atoms with Crippen LogP contribution in [0.3, 0.4) is 0 Å². The molecule has 1 aromatic rings. The number of carboxylic acids is 1. The minimum atomic E-state index is -1.54. The topological polar surface area (TPSA) is 95.9 Å². The first-order valence-electron chi connectivity index (χ1n) is 5.98. The van der Waals surface area contributed by atoms with Crippen molar-refractivity contribution >= 4 is 27.8 Å². The van der Waals surface area contributed by atoms with E-state index in [1.165, 1.54) is 25.1 Å². The summed E-state index contributed by atoms with van der Waals surface area (Å²) in [5.41, 5.74) is -1.54. The molecular weight excluding hydrogens is 349 g/mol. The van der Waals surface area contributed by atoms with Crippen molar-refractivity contribution in [3.63, 3.8) is 0 Å². The third kappa shape index (κ3) is 6.54. The lowest BCUT2D eigenvalue weighted by atomic mass is 10.0. The molecule has 3 N–H and O–H groups in total. The summed E-state index contributed by atoms with van der Waals surface area (Å²) >= 11 is 3.09. The average molecular weight is 364 g/mol. The second kappa shape index (κ2) is 7.37. The van der Waals surface area contributed by atoms with Crippen molar-refractivity contribution in [2.45, 2.75) is 18.9 Å². The summed E-state index contributed by atoms with van der Waals surface area (Å²) in [4.78, 5) is 22.0. The fourth-order valence-electron chi connectivity index (χ4n) is 1.46. The van der Waals surface area contributed by atoms with Gasteiger partial charge in [-0.15, -0.1) is 0 Å². The molecule has 0 aliphatic heterocycles. The minimum absolute atomic E-state index is 0.216. The maximum absolute atomic E-state index is 12.9. The number of carboxylic acid groups (broad SMARTS) is 1. The van der Waals surface area contributed by atoms with Gasteiger partial charge in [0.2, 0.25) is 0 Å². The monoisotopic (exact) mass is 363 g/mol. The maximum atomic E-state index is 12.9. The third-order valence-electron chi connectivity index (χ3n) is 2.45. The molecule has 0 heterocycles. The Morgan fingerprint density at radius 3 is 2.71 bits per heavy atom. The average Bonchev–Trinajstić information content (AvgIpc) is 2.34. The third-order valence-corrected chi connectivity index (χ3v) is 3.07. The van der Waals surface area contributed by atoms with E-state index in [0.717, 1.165) is 0 Å². The Bertz CT molecular complexity index is 535. The first-order valence-corrected chi connectivity index (χ1v) is 6.78. The van der Waals surface area contributed by atoms with Crippen molar-refractivity contribution in [3.05, 3.63) is 28.5 Å². The van der Waals surface area contributed by atoms with E-state index in [2.05, 4.69) is 21.2 Å². The van der Waals surface area contributed by atoms with Gasteiger partial charge in [-0.3, -0.25) is 9.59 Å². The number of hydrogen-bond donors (Lipinski definition) is 3. The number of benzene rings is 1. The SMILES string of the molecule is CC(O)(CNC(=O)COc1ccc(F)cc1Br)CC(=O)O. The van der Waals surface area contributed by atoms with Crippen molar-refractivity contribution in [3.8, 4) is 5.75 Å². The van der Waals surface area contributed by atoms with Crippen molar-refractivity contribution < 1.29 is 28.9 Å². The Labute approximate surface area is 129 Å². The van der Waals surface area contributed by atoms with Gasteiger partial charge in [0.05, 0.1) is 16.5 Å². The van der Waals surface area contributed by atoms with Crippen LogP contribution in [-0.4, -0.2) is 40.8 Å². The number of halogens is 2. The number of aliphatic carboxylic acids is 1. The molecule has 1 rings (SSSR count). The molecule has 0 saturated carbocycles. The van der Waals surface area contributed by atoms with Gasteiger partial charge in [-0.2, -0.15) is 0 Å². The molecule has 0 aromatic heterocycles. The Kier molecular flexibility index (Phi) is 6.10. The predicted octanol–water partition coefficient (Wildman–Crippen LogP) is 1.31. The first-order chi connectivity index (χ1) is 9.69. The molecule has 8 heteroatoms. The quantitative estimate of drug-likeness (QED) is 0.678. The smallest absolute Gasteiger partial charge is 0.306 e. The molecule has 1 atom stereocenters. The van der Waals surface area contributed by atoms with Crippen LogP contribution in [0.5, 0.6) is 5.75 Å². The summed E-state index contributed by atoms with van der Waals surface area (Å²) in [6.07, 6.45) is -0.488. The lowest BCUT2D eigenvalue weighted by Crippen LogP contribution is -2.43. The van der Waals surface area contributed by atoms with Gasteiger partial charge in [-0.25, -0.2) is 4.39 Å². The van der Waals surface area contributed by atoms with Gasteiger partial charge < -0.3 is 20.3 Å². The molecule has 0 bridgehead atoms. The Hall–Kier alpha value is -1.67. The molecule has 0 fully saturated rings. The van der Waals surface area contributed by atoms with Crippen LogP contribution in [0.4, 0.5) is 4.39 Å². The van der Waals surface area contributed by atoms with Crippen molar-refractivity contribution in [1.29, 1.82) is 0 Å². The van der Waals surface area contributed by atoms with Crippen LogP contribution in [0.15, 0.2) is 22.7 Å². The summed E-state index contributed by atoms with van der Waals surface area (Å²) in [5.74, 6) is -1.84. The number of aliphatic hydroxyl groups is 1. The molecule has 21 heavy (non-hydrogen) atoms. The van der Waals surface area contributed by atoms with Gasteiger partial charge >= 0.3 is 5.97 Å². The van der Waals surface area contributed by atoms with Crippen LogP contribution in [0.2, 0.25) is 0 Å². The summed E-state index contributed by atoms with van der Waals surface area (Å²) in [6, 6.07) is 3.76. The highest BCUT2D eigenvalue weighted by molar-refractivity contribution is 9.10. The molecule has 116 valence electrons. The molecule has 1 unspecified atom stereocenters. The number of ether oxygens (including phenoxy) is 1. The molecule has 0 spiro atoms. The van der Waals surface area contributed by atoms with E-state index in [9.17, 15) is 19.1 Å². The first kappa shape index (κ1) is 17.4. The summed E-state index contributed by atoms with van der Waals surface area (Å²) in [7, 11) is 0. The summed E-state index contributed by atoms with van der Waals surface area (Å²) in [5, 5.41) is 20.7. The standard InChI is InChI=1S/C13H15BrFNO5/c1-13(20,5-12(18)19)7-16-11(17)6-21-10-3-2-8(15)4-9(10)14/h2-4,20H,5-7H2,1H3,(H,16,17)(H,18,19). The summed E-state index contributed by atoms with van der Waals surface area (Å²) in [6.45, 7) is 0.748. The second-order valence-corrected chi connectivity index (χ2v) is 5.56. The number of amides is 1. The molecule has 0 aliphatic carbocycles. The van der Waals surface area contributed by atoms with Crippen LogP contribution in [0.1, 0.15) is 13.3 Å². The van der Waals surface area contributed by atoms with Gasteiger partial charge in [-0.05, 0) is 41.1 Å². The zero-order valence-corrected chi connectivity index (χ0v) is 12.8. The van der Waals surface area contributed by atoms with Crippen LogP contribution >= 0.6 is 15.9 Å². The normalized spacial score (nSPS) is 13.3. The van der Waals surface area contributed by atoms with E-state index < -0.39 is 29.7 Å². The largest absolute Gasteiger partial charge is 0.483 e. The van der Waals surface area contributed by atoms with E-state index in [1.54, 1.807) is 0 Å². The van der Waals surface area contributed by atoms with Crippen LogP contribution in [-0.2, 0) is 9.59 Å². The number of carbonyl (C=O) groups excluding carboxylic acids is 1. The molecule has 1 amide bonds. The number of rotatable bonds is 7. The highest BCUT2D eigenvalue weighted by Crippen LogP contribution is 2.25. The van der Waals surface area contributed by atoms with E-state index in [-0.39, 0.29) is 13.2 Å². The lowest BCUT2D eigenvalue weighted by Gasteiger charge is -2.21. The fraction of sp³-hybridized carbons (Fsp3) is 0.385. The van der Waals surface area contributed by atoms with E-state index in [1.807, 2.05) is 0 Å². The zero-order valence-electron chi connectivity index (χ0n) is 11.2. The summed E-state index contributed by atoms with van der Waals surface area (Å²) < 4.78 is 18.4. The molecule has 6 nitrogen and oxygen atoms in total. The predicted molar refractivity (Wildman–Crippen MR) is 75.5 cm³/mol. The van der Waals surface area contributed by atoms with Gasteiger partial charge in [-0.1, -0.05) is 0 Å².